The van der Waals surface area contributed by atoms with Crippen LogP contribution in [0.2, 0.25) is 5.02 Å². The summed E-state index contributed by atoms with van der Waals surface area (Å²) in [6, 6.07) is 28.3. The minimum Gasteiger partial charge on any atom is -0.506 e. The van der Waals surface area contributed by atoms with Gasteiger partial charge in [0.2, 0.25) is 0 Å². The van der Waals surface area contributed by atoms with Crippen molar-refractivity contribution < 1.29 is 19.8 Å². The van der Waals surface area contributed by atoms with Gasteiger partial charge in [0.15, 0.2) is 5.78 Å². The molecule has 0 fully saturated rings. The Bertz CT molecular complexity index is 2610. The van der Waals surface area contributed by atoms with Crippen LogP contribution < -0.4 is 10.6 Å². The van der Waals surface area contributed by atoms with Crippen LogP contribution in [-0.2, 0) is 17.8 Å². The van der Waals surface area contributed by atoms with E-state index in [2.05, 4.69) is 10.6 Å². The molecule has 2 aliphatic rings. The van der Waals surface area contributed by atoms with Crippen LogP contribution in [0.5, 0.6) is 5.75 Å². The Hall–Kier alpha value is -6.25. The number of ketones is 1. The molecule has 0 aliphatic heterocycles. The predicted octanol–water partition coefficient (Wildman–Crippen LogP) is 8.97. The highest BCUT2D eigenvalue weighted by atomic mass is 35.5. The van der Waals surface area contributed by atoms with Crippen molar-refractivity contribution in [1.29, 1.82) is 0 Å². The summed E-state index contributed by atoms with van der Waals surface area (Å²) in [5, 5.41) is 30.9. The molecule has 52 heavy (non-hydrogen) atoms. The van der Waals surface area contributed by atoms with Crippen LogP contribution in [0.3, 0.4) is 0 Å². The first-order chi connectivity index (χ1) is 25.2. The zero-order chi connectivity index (χ0) is 36.1. The number of nitrogens with one attached hydrogen (secondary N) is 2. The van der Waals surface area contributed by atoms with Crippen LogP contribution in [0.15, 0.2) is 120 Å². The number of carboxylic acid groups (broad SMARTS) is 1. The fraction of sp³-hybridized carbons (Fsp3) is 0.116. The molecular formula is C43H33ClN4O4. The lowest BCUT2D eigenvalue weighted by Crippen LogP contribution is -2.23. The number of para-hydroxylation sites is 2. The fourth-order valence-electron chi connectivity index (χ4n) is 7.29. The van der Waals surface area contributed by atoms with Crippen molar-refractivity contribution >= 4 is 62.1 Å². The third-order valence-corrected chi connectivity index (χ3v) is 10.1. The number of phenols is 1. The molecule has 9 heteroatoms. The van der Waals surface area contributed by atoms with Gasteiger partial charge in [-0.1, -0.05) is 72.3 Å². The number of carbonyl (C=O) groups excluding carboxylic acids is 1. The summed E-state index contributed by atoms with van der Waals surface area (Å²) < 4.78 is 0. The molecule has 0 bridgehead atoms. The summed E-state index contributed by atoms with van der Waals surface area (Å²) in [6.07, 6.45) is 3.61. The number of phenolic OH excluding ortho intramolecular Hbond substituents is 1. The number of carbonyl (C=O) groups is 2. The number of aromatic hydroxyl groups is 1. The minimum absolute atomic E-state index is 0.0817. The van der Waals surface area contributed by atoms with E-state index in [0.717, 1.165) is 61.3 Å². The molecule has 4 N–H and O–H groups in total. The zero-order valence-electron chi connectivity index (χ0n) is 28.4. The summed E-state index contributed by atoms with van der Waals surface area (Å²) in [4.78, 5) is 35.9. The molecule has 0 saturated heterocycles. The number of hydrogen-bond acceptors (Lipinski definition) is 7. The molecule has 2 heterocycles. The van der Waals surface area contributed by atoms with Crippen molar-refractivity contribution in [2.45, 2.75) is 26.8 Å². The van der Waals surface area contributed by atoms with Crippen molar-refractivity contribution in [1.82, 2.24) is 9.97 Å². The van der Waals surface area contributed by atoms with Crippen LogP contribution in [0.1, 0.15) is 44.0 Å². The second-order valence-corrected chi connectivity index (χ2v) is 13.5. The van der Waals surface area contributed by atoms with Gasteiger partial charge in [-0.15, -0.1) is 0 Å². The lowest BCUT2D eigenvalue weighted by molar-refractivity contribution is -0.111. The number of fused-ring (bicyclic) bond motifs is 4. The number of rotatable bonds is 8. The highest BCUT2D eigenvalue weighted by molar-refractivity contribution is 6.32. The number of aromatic nitrogens is 2. The number of halogens is 1. The maximum atomic E-state index is 13.8. The normalized spacial score (nSPS) is 13.8. The number of pyridine rings is 2. The molecule has 0 radical (unpaired) electrons. The molecule has 0 saturated carbocycles. The maximum absolute atomic E-state index is 13.8. The SMILES string of the molecule is Cc1ccc2cccc(NCC3=C4Cc5c(cc(Cl)c(O)c5CNc5cccc6ccc(C)nc56)C(c5ccccc5C(=O)O)=C4C=CC3=O)c2n1. The average molecular weight is 705 g/mol. The Labute approximate surface area is 304 Å². The third-order valence-electron chi connectivity index (χ3n) is 9.81. The lowest BCUT2D eigenvalue weighted by Gasteiger charge is -2.31. The number of nitrogens with zero attached hydrogens (tertiary/aromatic N) is 2. The Kier molecular flexibility index (Phi) is 8.32. The number of hydrogen-bond donors (Lipinski definition) is 4. The molecule has 0 atom stereocenters. The van der Waals surface area contributed by atoms with Gasteiger partial charge in [-0.2, -0.15) is 0 Å². The van der Waals surface area contributed by atoms with E-state index in [1.807, 2.05) is 74.5 Å². The van der Waals surface area contributed by atoms with E-state index < -0.39 is 5.97 Å². The van der Waals surface area contributed by atoms with E-state index in [4.69, 9.17) is 21.6 Å². The molecule has 2 aliphatic carbocycles. The van der Waals surface area contributed by atoms with E-state index in [1.54, 1.807) is 36.4 Å². The predicted molar refractivity (Wildman–Crippen MR) is 206 cm³/mol. The molecule has 2 aromatic heterocycles. The van der Waals surface area contributed by atoms with Crippen LogP contribution in [0.25, 0.3) is 27.4 Å². The Morgan fingerprint density at radius 3 is 2.08 bits per heavy atom. The number of allylic oxidation sites excluding steroid dienone is 4. The molecule has 8 nitrogen and oxygen atoms in total. The quantitative estimate of drug-likeness (QED) is 0.124. The van der Waals surface area contributed by atoms with Crippen LogP contribution in [-0.4, -0.2) is 38.5 Å². The smallest absolute Gasteiger partial charge is 0.336 e. The van der Waals surface area contributed by atoms with Crippen molar-refractivity contribution in [2.75, 3.05) is 17.2 Å². The highest BCUT2D eigenvalue weighted by Gasteiger charge is 2.33. The molecule has 4 aromatic carbocycles. The van der Waals surface area contributed by atoms with Gasteiger partial charge in [0, 0.05) is 46.4 Å². The zero-order valence-corrected chi connectivity index (χ0v) is 29.2. The summed E-state index contributed by atoms with van der Waals surface area (Å²) >= 11 is 6.78. The van der Waals surface area contributed by atoms with E-state index in [1.165, 1.54) is 6.08 Å². The summed E-state index contributed by atoms with van der Waals surface area (Å²) in [7, 11) is 0. The van der Waals surface area contributed by atoms with Gasteiger partial charge in [0.05, 0.1) is 33.0 Å². The summed E-state index contributed by atoms with van der Waals surface area (Å²) in [6.45, 7) is 4.27. The molecule has 0 unspecified atom stereocenters. The number of aryl methyl sites for hydroxylation is 2. The highest BCUT2D eigenvalue weighted by Crippen LogP contribution is 2.48. The lowest BCUT2D eigenvalue weighted by atomic mass is 9.73. The van der Waals surface area contributed by atoms with Crippen molar-refractivity contribution in [3.63, 3.8) is 0 Å². The molecule has 8 rings (SSSR count). The first kappa shape index (κ1) is 32.9. The Morgan fingerprint density at radius 1 is 0.788 bits per heavy atom. The van der Waals surface area contributed by atoms with Crippen LogP contribution >= 0.6 is 11.6 Å². The second-order valence-electron chi connectivity index (χ2n) is 13.0. The minimum atomic E-state index is -1.08. The van der Waals surface area contributed by atoms with E-state index in [9.17, 15) is 19.8 Å². The Balaban J connectivity index is 1.30. The molecule has 256 valence electrons. The van der Waals surface area contributed by atoms with Gasteiger partial charge < -0.3 is 20.8 Å². The van der Waals surface area contributed by atoms with Crippen molar-refractivity contribution in [3.05, 3.63) is 164 Å². The molecule has 0 spiro atoms. The largest absolute Gasteiger partial charge is 0.506 e. The summed E-state index contributed by atoms with van der Waals surface area (Å²) in [5.74, 6) is -1.31. The van der Waals surface area contributed by atoms with Gasteiger partial charge in [-0.3, -0.25) is 14.8 Å². The van der Waals surface area contributed by atoms with Crippen molar-refractivity contribution in [3.8, 4) is 5.75 Å². The number of aromatic carboxylic acids is 1. The Morgan fingerprint density at radius 2 is 1.42 bits per heavy atom. The standard InChI is InChI=1S/C43H33ClN4O4/c1-23-13-15-25-7-5-11-36(40(25)47-23)45-21-33-30-19-31-32(39(28(30)17-18-38(33)49)27-9-3-4-10-29(27)43(51)52)20-35(44)42(50)34(31)22-46-37-12-6-8-26-16-14-24(2)48-41(26)37/h3-18,20,45-46,50H,19,21-22H2,1-2H3,(H,51,52). The second kappa shape index (κ2) is 13.1. The van der Waals surface area contributed by atoms with Gasteiger partial charge in [-0.25, -0.2) is 4.79 Å². The van der Waals surface area contributed by atoms with Gasteiger partial charge in [0.25, 0.3) is 0 Å². The van der Waals surface area contributed by atoms with Gasteiger partial charge in [-0.05, 0) is 96.2 Å². The van der Waals surface area contributed by atoms with E-state index in [-0.39, 0.29) is 35.2 Å². The van der Waals surface area contributed by atoms with Gasteiger partial charge in [0.1, 0.15) is 5.75 Å². The number of carboxylic acids is 1. The number of anilines is 2. The first-order valence-corrected chi connectivity index (χ1v) is 17.3. The number of benzene rings is 4. The molecule has 6 aromatic rings. The molecular weight excluding hydrogens is 672 g/mol. The first-order valence-electron chi connectivity index (χ1n) is 16.9. The van der Waals surface area contributed by atoms with E-state index >= 15 is 0 Å². The van der Waals surface area contributed by atoms with Crippen molar-refractivity contribution in [2.24, 2.45) is 0 Å². The third kappa shape index (κ3) is 5.77. The monoisotopic (exact) mass is 704 g/mol. The van der Waals surface area contributed by atoms with Crippen LogP contribution in [0, 0.1) is 13.8 Å². The average Bonchev–Trinajstić information content (AvgIpc) is 3.14. The van der Waals surface area contributed by atoms with Gasteiger partial charge >= 0.3 is 5.97 Å². The van der Waals surface area contributed by atoms with E-state index in [0.29, 0.717) is 34.3 Å². The maximum Gasteiger partial charge on any atom is 0.336 e. The fourth-order valence-corrected chi connectivity index (χ4v) is 7.51. The van der Waals surface area contributed by atoms with Crippen LogP contribution in [0.4, 0.5) is 11.4 Å². The summed E-state index contributed by atoms with van der Waals surface area (Å²) in [5.41, 5.74) is 10.2. The molecule has 0 amide bonds. The topological polar surface area (TPSA) is 124 Å².